The Bertz CT molecular complexity index is 325. The molecule has 1 heterocycles. The Hall–Kier alpha value is -0.890. The number of anilines is 1. The second-order valence-electron chi connectivity index (χ2n) is 3.17. The number of hydrogen-bond acceptors (Lipinski definition) is 5. The number of halogens is 3. The highest BCUT2D eigenvalue weighted by atomic mass is 32.1. The van der Waals surface area contributed by atoms with E-state index in [0.29, 0.717) is 12.2 Å². The molecule has 16 heavy (non-hydrogen) atoms. The van der Waals surface area contributed by atoms with Crippen molar-refractivity contribution in [2.24, 2.45) is 5.73 Å². The lowest BCUT2D eigenvalue weighted by Gasteiger charge is -2.21. The number of alkyl halides is 3. The highest BCUT2D eigenvalue weighted by Crippen LogP contribution is 2.23. The van der Waals surface area contributed by atoms with E-state index < -0.39 is 12.7 Å². The van der Waals surface area contributed by atoms with Crippen LogP contribution in [0, 0.1) is 0 Å². The van der Waals surface area contributed by atoms with Crippen molar-refractivity contribution in [3.63, 3.8) is 0 Å². The molecule has 92 valence electrons. The number of nitrogens with zero attached hydrogens (tertiary/aromatic N) is 3. The Balaban J connectivity index is 2.76. The lowest BCUT2D eigenvalue weighted by molar-refractivity contribution is -0.119. The number of hydrogen-bond donors (Lipinski definition) is 1. The van der Waals surface area contributed by atoms with Gasteiger partial charge in [-0.3, -0.25) is 0 Å². The second kappa shape index (κ2) is 5.44. The lowest BCUT2D eigenvalue weighted by Crippen LogP contribution is -2.37. The monoisotopic (exact) mass is 254 g/mol. The molecule has 0 saturated carbocycles. The number of rotatable bonds is 5. The summed E-state index contributed by atoms with van der Waals surface area (Å²) >= 11 is 0.972. The molecule has 0 amide bonds. The zero-order valence-electron chi connectivity index (χ0n) is 8.79. The first kappa shape index (κ1) is 13.2. The van der Waals surface area contributed by atoms with Crippen LogP contribution in [0.2, 0.25) is 0 Å². The molecular formula is C8H13F3N4S. The Morgan fingerprint density at radius 1 is 1.44 bits per heavy atom. The highest BCUT2D eigenvalue weighted by molar-refractivity contribution is 7.09. The quantitative estimate of drug-likeness (QED) is 0.863. The van der Waals surface area contributed by atoms with Crippen molar-refractivity contribution in [1.82, 2.24) is 9.36 Å². The summed E-state index contributed by atoms with van der Waals surface area (Å²) in [4.78, 5) is 5.12. The zero-order chi connectivity index (χ0) is 12.2. The molecule has 0 spiro atoms. The first-order valence-electron chi connectivity index (χ1n) is 4.80. The molecule has 0 bridgehead atoms. The molecule has 0 aliphatic carbocycles. The summed E-state index contributed by atoms with van der Waals surface area (Å²) < 4.78 is 40.8. The van der Waals surface area contributed by atoms with Gasteiger partial charge in [-0.25, -0.2) is 4.98 Å². The molecule has 0 saturated heterocycles. The lowest BCUT2D eigenvalue weighted by atomic mass is 10.4. The summed E-state index contributed by atoms with van der Waals surface area (Å²) in [5, 5.41) is 0.277. The van der Waals surface area contributed by atoms with Gasteiger partial charge in [0.2, 0.25) is 5.13 Å². The smallest absolute Gasteiger partial charge is 0.336 e. The van der Waals surface area contributed by atoms with Crippen LogP contribution in [0.25, 0.3) is 0 Å². The summed E-state index contributed by atoms with van der Waals surface area (Å²) in [7, 11) is 0. The third-order valence-electron chi connectivity index (χ3n) is 1.81. The van der Waals surface area contributed by atoms with Gasteiger partial charge < -0.3 is 10.6 Å². The van der Waals surface area contributed by atoms with E-state index in [9.17, 15) is 13.2 Å². The van der Waals surface area contributed by atoms with Crippen LogP contribution in [0.15, 0.2) is 0 Å². The van der Waals surface area contributed by atoms with E-state index in [1.165, 1.54) is 0 Å². The van der Waals surface area contributed by atoms with Gasteiger partial charge >= 0.3 is 6.18 Å². The van der Waals surface area contributed by atoms with Gasteiger partial charge in [0.05, 0.1) is 0 Å². The number of aryl methyl sites for hydroxylation is 1. The van der Waals surface area contributed by atoms with E-state index in [1.54, 1.807) is 0 Å². The van der Waals surface area contributed by atoms with Crippen LogP contribution in [0.1, 0.15) is 12.7 Å². The largest absolute Gasteiger partial charge is 0.406 e. The van der Waals surface area contributed by atoms with Crippen LogP contribution >= 0.6 is 11.5 Å². The number of nitrogens with two attached hydrogens (primary N) is 1. The molecule has 1 rings (SSSR count). The maximum absolute atomic E-state index is 12.3. The Labute approximate surface area is 95.4 Å². The average Bonchev–Trinajstić information content (AvgIpc) is 2.63. The summed E-state index contributed by atoms with van der Waals surface area (Å²) in [5.74, 6) is 0.559. The molecule has 8 heteroatoms. The van der Waals surface area contributed by atoms with Gasteiger partial charge in [0, 0.05) is 31.0 Å². The zero-order valence-corrected chi connectivity index (χ0v) is 9.61. The fraction of sp³-hybridized carbons (Fsp3) is 0.750. The van der Waals surface area contributed by atoms with Gasteiger partial charge in [0.15, 0.2) is 0 Å². The van der Waals surface area contributed by atoms with Crippen molar-refractivity contribution in [2.45, 2.75) is 19.5 Å². The maximum Gasteiger partial charge on any atom is 0.406 e. The summed E-state index contributed by atoms with van der Waals surface area (Å²) in [6.45, 7) is 1.08. The van der Waals surface area contributed by atoms with E-state index >= 15 is 0 Å². The molecule has 0 aliphatic heterocycles. The van der Waals surface area contributed by atoms with Crippen LogP contribution in [0.5, 0.6) is 0 Å². The van der Waals surface area contributed by atoms with Crippen LogP contribution in [-0.2, 0) is 6.42 Å². The topological polar surface area (TPSA) is 55.0 Å². The molecule has 4 nitrogen and oxygen atoms in total. The highest BCUT2D eigenvalue weighted by Gasteiger charge is 2.31. The molecule has 1 aromatic rings. The number of aromatic nitrogens is 2. The molecule has 0 fully saturated rings. The van der Waals surface area contributed by atoms with Crippen LogP contribution in [0.4, 0.5) is 18.3 Å². The second-order valence-corrected chi connectivity index (χ2v) is 3.90. The van der Waals surface area contributed by atoms with Gasteiger partial charge in [-0.05, 0) is 0 Å². The van der Waals surface area contributed by atoms with Crippen molar-refractivity contribution in [2.75, 3.05) is 24.5 Å². The van der Waals surface area contributed by atoms with Crippen LogP contribution in [0.3, 0.4) is 0 Å². The summed E-state index contributed by atoms with van der Waals surface area (Å²) in [6.07, 6.45) is -3.65. The minimum atomic E-state index is -4.26. The van der Waals surface area contributed by atoms with Crippen molar-refractivity contribution in [1.29, 1.82) is 0 Å². The molecule has 2 N–H and O–H groups in total. The normalized spacial score (nSPS) is 11.8. The predicted octanol–water partition coefficient (Wildman–Crippen LogP) is 1.43. The van der Waals surface area contributed by atoms with Crippen molar-refractivity contribution < 1.29 is 13.2 Å². The van der Waals surface area contributed by atoms with Crippen LogP contribution < -0.4 is 10.6 Å². The Kier molecular flexibility index (Phi) is 4.48. The fourth-order valence-electron chi connectivity index (χ4n) is 1.13. The first-order valence-corrected chi connectivity index (χ1v) is 5.58. The van der Waals surface area contributed by atoms with E-state index in [1.807, 2.05) is 6.92 Å². The third kappa shape index (κ3) is 3.93. The van der Waals surface area contributed by atoms with Gasteiger partial charge in [-0.1, -0.05) is 6.92 Å². The van der Waals surface area contributed by atoms with Crippen molar-refractivity contribution >= 4 is 16.7 Å². The Morgan fingerprint density at radius 3 is 2.56 bits per heavy atom. The SMILES string of the molecule is CCc1nsc(N(CCN)CC(F)(F)F)n1. The standard InChI is InChI=1S/C8H13F3N4S/c1-2-6-13-7(16-14-6)15(4-3-12)5-8(9,10)11/h2-5,12H2,1H3. The van der Waals surface area contributed by atoms with Gasteiger partial charge in [0.1, 0.15) is 12.4 Å². The van der Waals surface area contributed by atoms with Gasteiger partial charge in [0.25, 0.3) is 0 Å². The van der Waals surface area contributed by atoms with Crippen molar-refractivity contribution in [3.05, 3.63) is 5.82 Å². The molecule has 1 aromatic heterocycles. The third-order valence-corrected chi connectivity index (χ3v) is 2.63. The molecule has 0 radical (unpaired) electrons. The summed E-state index contributed by atoms with van der Waals surface area (Å²) in [5.41, 5.74) is 5.27. The fourth-order valence-corrected chi connectivity index (χ4v) is 1.91. The molecule has 0 atom stereocenters. The van der Waals surface area contributed by atoms with E-state index in [2.05, 4.69) is 9.36 Å². The first-order chi connectivity index (χ1) is 7.46. The molecular weight excluding hydrogens is 241 g/mol. The minimum Gasteiger partial charge on any atom is -0.336 e. The predicted molar refractivity (Wildman–Crippen MR) is 56.6 cm³/mol. The minimum absolute atomic E-state index is 0.123. The molecule has 0 unspecified atom stereocenters. The molecule has 0 aromatic carbocycles. The van der Waals surface area contributed by atoms with Gasteiger partial charge in [-0.15, -0.1) is 0 Å². The maximum atomic E-state index is 12.3. The van der Waals surface area contributed by atoms with E-state index in [4.69, 9.17) is 5.73 Å². The van der Waals surface area contributed by atoms with Crippen molar-refractivity contribution in [3.8, 4) is 0 Å². The average molecular weight is 254 g/mol. The Morgan fingerprint density at radius 2 is 2.12 bits per heavy atom. The molecule has 0 aliphatic rings. The van der Waals surface area contributed by atoms with Gasteiger partial charge in [-0.2, -0.15) is 17.5 Å². The van der Waals surface area contributed by atoms with E-state index in [0.717, 1.165) is 16.4 Å². The summed E-state index contributed by atoms with van der Waals surface area (Å²) in [6, 6.07) is 0. The van der Waals surface area contributed by atoms with E-state index in [-0.39, 0.29) is 18.2 Å². The van der Waals surface area contributed by atoms with Crippen LogP contribution in [-0.4, -0.2) is 35.2 Å².